The van der Waals surface area contributed by atoms with E-state index in [-0.39, 0.29) is 0 Å². The van der Waals surface area contributed by atoms with Crippen LogP contribution in [0.15, 0.2) is 0 Å². The van der Waals surface area contributed by atoms with Crippen molar-refractivity contribution in [1.82, 2.24) is 10.2 Å². The van der Waals surface area contributed by atoms with Gasteiger partial charge in [-0.1, -0.05) is 0 Å². The van der Waals surface area contributed by atoms with Crippen LogP contribution in [0.1, 0.15) is 32.6 Å². The molecule has 0 aromatic rings. The van der Waals surface area contributed by atoms with Gasteiger partial charge in [-0.25, -0.2) is 0 Å². The monoisotopic (exact) mass is 228 g/mol. The van der Waals surface area contributed by atoms with Gasteiger partial charge in [0.25, 0.3) is 0 Å². The number of thioether (sulfide) groups is 1. The Kier molecular flexibility index (Phi) is 3.97. The zero-order valence-corrected chi connectivity index (χ0v) is 11.0. The molecule has 0 amide bonds. The maximum absolute atomic E-state index is 3.46. The molecule has 3 atom stereocenters. The second-order valence-corrected chi connectivity index (χ2v) is 6.00. The molecule has 0 aromatic carbocycles. The minimum Gasteiger partial charge on any atom is -0.317 e. The topological polar surface area (TPSA) is 15.3 Å². The van der Waals surface area contributed by atoms with Crippen molar-refractivity contribution in [2.24, 2.45) is 0 Å². The van der Waals surface area contributed by atoms with Crippen LogP contribution in [0, 0.1) is 0 Å². The first-order valence-corrected chi connectivity index (χ1v) is 7.59. The van der Waals surface area contributed by atoms with Gasteiger partial charge in [-0.05, 0) is 45.9 Å². The summed E-state index contributed by atoms with van der Waals surface area (Å²) in [6.07, 6.45) is 7.82. The average Bonchev–Trinajstić information content (AvgIpc) is 2.50. The van der Waals surface area contributed by atoms with Crippen LogP contribution in [0.5, 0.6) is 0 Å². The Hall–Kier alpha value is 0.270. The van der Waals surface area contributed by atoms with Crippen molar-refractivity contribution in [2.75, 3.05) is 19.1 Å². The van der Waals surface area contributed by atoms with Crippen LogP contribution in [-0.2, 0) is 0 Å². The average molecular weight is 228 g/mol. The molecule has 3 unspecified atom stereocenters. The van der Waals surface area contributed by atoms with E-state index in [2.05, 4.69) is 30.4 Å². The van der Waals surface area contributed by atoms with Crippen LogP contribution >= 0.6 is 11.8 Å². The molecule has 2 aliphatic heterocycles. The van der Waals surface area contributed by atoms with Gasteiger partial charge >= 0.3 is 0 Å². The molecule has 2 bridgehead atoms. The minimum absolute atomic E-state index is 0.773. The van der Waals surface area contributed by atoms with Crippen molar-refractivity contribution in [1.29, 1.82) is 0 Å². The first-order valence-electron chi connectivity index (χ1n) is 6.20. The predicted molar refractivity (Wildman–Crippen MR) is 68.6 cm³/mol. The van der Waals surface area contributed by atoms with Crippen LogP contribution in [0.3, 0.4) is 0 Å². The first-order chi connectivity index (χ1) is 7.26. The number of hydrogen-bond acceptors (Lipinski definition) is 3. The SMILES string of the molecule is CNC1CC2CCC(C1)N2C(C)CSC. The van der Waals surface area contributed by atoms with Crippen LogP contribution in [0.25, 0.3) is 0 Å². The van der Waals surface area contributed by atoms with Gasteiger partial charge in [0.2, 0.25) is 0 Å². The summed E-state index contributed by atoms with van der Waals surface area (Å²) in [6, 6.07) is 3.28. The Morgan fingerprint density at radius 3 is 2.40 bits per heavy atom. The van der Waals surface area contributed by atoms with E-state index >= 15 is 0 Å². The zero-order chi connectivity index (χ0) is 10.8. The number of nitrogens with one attached hydrogen (secondary N) is 1. The molecule has 88 valence electrons. The summed E-state index contributed by atoms with van der Waals surface area (Å²) < 4.78 is 0. The third-order valence-corrected chi connectivity index (χ3v) is 4.93. The fourth-order valence-electron chi connectivity index (χ4n) is 3.50. The van der Waals surface area contributed by atoms with Crippen molar-refractivity contribution >= 4 is 11.8 Å². The summed E-state index contributed by atoms with van der Waals surface area (Å²) in [5, 5.41) is 3.46. The van der Waals surface area contributed by atoms with Crippen molar-refractivity contribution in [2.45, 2.75) is 56.8 Å². The standard InChI is InChI=1S/C12H24N2S/c1-9(8-15-3)14-11-4-5-12(14)7-10(6-11)13-2/h9-13H,4-8H2,1-3H3. The quantitative estimate of drug-likeness (QED) is 0.792. The molecule has 0 spiro atoms. The lowest BCUT2D eigenvalue weighted by Gasteiger charge is -2.42. The molecule has 3 heteroatoms. The number of fused-ring (bicyclic) bond motifs is 2. The van der Waals surface area contributed by atoms with Gasteiger partial charge in [-0.2, -0.15) is 11.8 Å². The molecule has 1 N–H and O–H groups in total. The molecule has 0 radical (unpaired) electrons. The summed E-state index contributed by atoms with van der Waals surface area (Å²) in [5.74, 6) is 1.29. The second-order valence-electron chi connectivity index (χ2n) is 5.09. The first kappa shape index (κ1) is 11.7. The molecular formula is C12H24N2S. The molecule has 2 saturated heterocycles. The smallest absolute Gasteiger partial charge is 0.0163 e. The largest absolute Gasteiger partial charge is 0.317 e. The van der Waals surface area contributed by atoms with Crippen LogP contribution < -0.4 is 5.32 Å². The molecule has 0 saturated carbocycles. The van der Waals surface area contributed by atoms with Crippen molar-refractivity contribution in [3.05, 3.63) is 0 Å². The molecule has 2 rings (SSSR count). The van der Waals surface area contributed by atoms with Crippen LogP contribution in [0.4, 0.5) is 0 Å². The normalized spacial score (nSPS) is 38.2. The number of rotatable bonds is 4. The van der Waals surface area contributed by atoms with Crippen molar-refractivity contribution in [3.63, 3.8) is 0 Å². The zero-order valence-electron chi connectivity index (χ0n) is 10.2. The maximum Gasteiger partial charge on any atom is 0.0163 e. The Morgan fingerprint density at radius 2 is 1.93 bits per heavy atom. The highest BCUT2D eigenvalue weighted by atomic mass is 32.2. The van der Waals surface area contributed by atoms with E-state index in [1.807, 2.05) is 11.8 Å². The molecule has 2 heterocycles. The van der Waals surface area contributed by atoms with E-state index in [1.165, 1.54) is 31.4 Å². The lowest BCUT2D eigenvalue weighted by Crippen LogP contribution is -2.52. The fraction of sp³-hybridized carbons (Fsp3) is 1.00. The Morgan fingerprint density at radius 1 is 1.33 bits per heavy atom. The number of hydrogen-bond donors (Lipinski definition) is 1. The second kappa shape index (κ2) is 5.07. The summed E-state index contributed by atoms with van der Waals surface area (Å²) in [4.78, 5) is 2.81. The van der Waals surface area contributed by atoms with E-state index in [4.69, 9.17) is 0 Å². The van der Waals surface area contributed by atoms with Crippen LogP contribution in [0.2, 0.25) is 0 Å². The van der Waals surface area contributed by atoms with E-state index < -0.39 is 0 Å². The lowest BCUT2D eigenvalue weighted by molar-refractivity contribution is 0.0889. The minimum atomic E-state index is 0.773. The molecule has 0 aliphatic carbocycles. The molecule has 2 nitrogen and oxygen atoms in total. The van der Waals surface area contributed by atoms with Gasteiger partial charge in [-0.3, -0.25) is 4.90 Å². The summed E-state index contributed by atoms with van der Waals surface area (Å²) in [6.45, 7) is 2.40. The molecule has 0 aromatic heterocycles. The molecule has 2 aliphatic rings. The Labute approximate surface area is 98.2 Å². The predicted octanol–water partition coefficient (Wildman–Crippen LogP) is 1.95. The summed E-state index contributed by atoms with van der Waals surface area (Å²) >= 11 is 1.98. The van der Waals surface area contributed by atoms with Crippen molar-refractivity contribution in [3.8, 4) is 0 Å². The third kappa shape index (κ3) is 2.34. The van der Waals surface area contributed by atoms with Gasteiger partial charge in [0.15, 0.2) is 0 Å². The Bertz CT molecular complexity index is 196. The highest BCUT2D eigenvalue weighted by Crippen LogP contribution is 2.37. The lowest BCUT2D eigenvalue weighted by atomic mass is 9.96. The van der Waals surface area contributed by atoms with Gasteiger partial charge < -0.3 is 5.32 Å². The van der Waals surface area contributed by atoms with Crippen LogP contribution in [-0.4, -0.2) is 48.1 Å². The molecular weight excluding hydrogens is 204 g/mol. The van der Waals surface area contributed by atoms with Gasteiger partial charge in [0, 0.05) is 29.9 Å². The fourth-order valence-corrected chi connectivity index (χ4v) is 4.15. The molecule has 2 fully saturated rings. The van der Waals surface area contributed by atoms with E-state index in [9.17, 15) is 0 Å². The van der Waals surface area contributed by atoms with E-state index in [1.54, 1.807) is 0 Å². The van der Waals surface area contributed by atoms with Gasteiger partial charge in [0.1, 0.15) is 0 Å². The van der Waals surface area contributed by atoms with Gasteiger partial charge in [0.05, 0.1) is 0 Å². The van der Waals surface area contributed by atoms with E-state index in [0.29, 0.717) is 0 Å². The summed E-state index contributed by atoms with van der Waals surface area (Å²) in [5.41, 5.74) is 0. The van der Waals surface area contributed by atoms with Gasteiger partial charge in [-0.15, -0.1) is 0 Å². The Balaban J connectivity index is 1.98. The maximum atomic E-state index is 3.46. The number of nitrogens with zero attached hydrogens (tertiary/aromatic N) is 1. The van der Waals surface area contributed by atoms with Crippen molar-refractivity contribution < 1.29 is 0 Å². The van der Waals surface area contributed by atoms with E-state index in [0.717, 1.165) is 24.2 Å². The molecule has 15 heavy (non-hydrogen) atoms. The number of piperidine rings is 1. The highest BCUT2D eigenvalue weighted by molar-refractivity contribution is 7.98. The highest BCUT2D eigenvalue weighted by Gasteiger charge is 2.41. The summed E-state index contributed by atoms with van der Waals surface area (Å²) in [7, 11) is 2.12. The third-order valence-electron chi connectivity index (χ3n) is 4.11.